The molecule has 9 heteroatoms. The van der Waals surface area contributed by atoms with Crippen molar-refractivity contribution in [3.63, 3.8) is 0 Å². The van der Waals surface area contributed by atoms with Crippen LogP contribution in [0.15, 0.2) is 30.5 Å². The van der Waals surface area contributed by atoms with E-state index in [2.05, 4.69) is 32.5 Å². The summed E-state index contributed by atoms with van der Waals surface area (Å²) in [5.74, 6) is 0.853. The number of nitrogens with zero attached hydrogens (tertiary/aromatic N) is 4. The highest BCUT2D eigenvalue weighted by molar-refractivity contribution is 5.77. The Balaban J connectivity index is 1.47. The Hall–Kier alpha value is -2.78. The van der Waals surface area contributed by atoms with Gasteiger partial charge in [-0.15, -0.1) is 0 Å². The number of carbonyl (C=O) groups excluding carboxylic acids is 1. The second-order valence-corrected chi connectivity index (χ2v) is 8.10. The molecule has 8 nitrogen and oxygen atoms in total. The molecule has 0 saturated carbocycles. The van der Waals surface area contributed by atoms with E-state index in [1.807, 2.05) is 6.07 Å². The number of rotatable bonds is 6. The smallest absolute Gasteiger partial charge is 0.225 e. The summed E-state index contributed by atoms with van der Waals surface area (Å²) < 4.78 is 19.8. The fourth-order valence-electron chi connectivity index (χ4n) is 4.08. The average Bonchev–Trinajstić information content (AvgIpc) is 2.79. The minimum atomic E-state index is -0.477. The van der Waals surface area contributed by atoms with Crippen LogP contribution < -0.4 is 20.3 Å². The molecule has 3 heterocycles. The van der Waals surface area contributed by atoms with E-state index in [4.69, 9.17) is 9.72 Å². The van der Waals surface area contributed by atoms with E-state index in [1.165, 1.54) is 6.07 Å². The highest BCUT2D eigenvalue weighted by atomic mass is 19.1. The summed E-state index contributed by atoms with van der Waals surface area (Å²) in [5, 5.41) is 6.41. The lowest BCUT2D eigenvalue weighted by atomic mass is 9.91. The minimum absolute atomic E-state index is 0.0790. The maximum Gasteiger partial charge on any atom is 0.225 e. The SMILES string of the molecule is COc1ccc(F)c([C@@H]2NC(=O)CC[C@H]2NCc2ccnc(N3CCN(C)CC3)n2)c1. The predicted octanol–water partition coefficient (Wildman–Crippen LogP) is 1.49. The highest BCUT2D eigenvalue weighted by Crippen LogP contribution is 2.29. The number of methoxy groups -OCH3 is 1. The van der Waals surface area contributed by atoms with Crippen molar-refractivity contribution in [2.45, 2.75) is 31.5 Å². The molecule has 31 heavy (non-hydrogen) atoms. The van der Waals surface area contributed by atoms with Crippen molar-refractivity contribution in [2.75, 3.05) is 45.2 Å². The molecule has 2 fully saturated rings. The molecule has 0 radical (unpaired) electrons. The first-order valence-electron chi connectivity index (χ1n) is 10.6. The van der Waals surface area contributed by atoms with Gasteiger partial charge in [0.15, 0.2) is 0 Å². The number of anilines is 1. The Morgan fingerprint density at radius 3 is 2.84 bits per heavy atom. The van der Waals surface area contributed by atoms with Crippen LogP contribution in [0.2, 0.25) is 0 Å². The molecule has 1 aromatic heterocycles. The van der Waals surface area contributed by atoms with Gasteiger partial charge in [-0.1, -0.05) is 0 Å². The number of carbonyl (C=O) groups is 1. The first kappa shape index (κ1) is 21.5. The summed E-state index contributed by atoms with van der Waals surface area (Å²) in [5.41, 5.74) is 1.29. The lowest BCUT2D eigenvalue weighted by Crippen LogP contribution is -2.48. The zero-order valence-electron chi connectivity index (χ0n) is 18.0. The van der Waals surface area contributed by atoms with Crippen molar-refractivity contribution in [1.29, 1.82) is 0 Å². The molecule has 0 aliphatic carbocycles. The van der Waals surface area contributed by atoms with E-state index in [9.17, 15) is 9.18 Å². The van der Waals surface area contributed by atoms with Gasteiger partial charge in [0.05, 0.1) is 18.8 Å². The molecule has 2 aromatic rings. The van der Waals surface area contributed by atoms with Gasteiger partial charge in [-0.25, -0.2) is 14.4 Å². The summed E-state index contributed by atoms with van der Waals surface area (Å²) in [6, 6.07) is 5.88. The third kappa shape index (κ3) is 5.11. The van der Waals surface area contributed by atoms with Crippen LogP contribution in [0.4, 0.5) is 10.3 Å². The molecule has 166 valence electrons. The Bertz CT molecular complexity index is 919. The van der Waals surface area contributed by atoms with E-state index in [-0.39, 0.29) is 17.8 Å². The van der Waals surface area contributed by atoms with Gasteiger partial charge >= 0.3 is 0 Å². The predicted molar refractivity (Wildman–Crippen MR) is 115 cm³/mol. The molecule has 2 N–H and O–H groups in total. The van der Waals surface area contributed by atoms with Crippen molar-refractivity contribution >= 4 is 11.9 Å². The summed E-state index contributed by atoms with van der Waals surface area (Å²) in [6.45, 7) is 4.28. The third-order valence-corrected chi connectivity index (χ3v) is 5.97. The van der Waals surface area contributed by atoms with Gasteiger partial charge in [-0.3, -0.25) is 4.79 Å². The molecule has 0 bridgehead atoms. The van der Waals surface area contributed by atoms with Crippen LogP contribution in [0, 0.1) is 5.82 Å². The molecule has 0 spiro atoms. The quantitative estimate of drug-likeness (QED) is 0.721. The first-order chi connectivity index (χ1) is 15.0. The summed E-state index contributed by atoms with van der Waals surface area (Å²) in [6.07, 6.45) is 2.79. The zero-order valence-corrected chi connectivity index (χ0v) is 18.0. The van der Waals surface area contributed by atoms with Crippen LogP contribution in [0.3, 0.4) is 0 Å². The highest BCUT2D eigenvalue weighted by Gasteiger charge is 2.32. The van der Waals surface area contributed by atoms with E-state index >= 15 is 0 Å². The largest absolute Gasteiger partial charge is 0.497 e. The van der Waals surface area contributed by atoms with Crippen molar-refractivity contribution in [2.24, 2.45) is 0 Å². The van der Waals surface area contributed by atoms with Gasteiger partial charge in [0.2, 0.25) is 11.9 Å². The minimum Gasteiger partial charge on any atom is -0.497 e. The van der Waals surface area contributed by atoms with Crippen LogP contribution in [0.25, 0.3) is 0 Å². The van der Waals surface area contributed by atoms with E-state index in [0.29, 0.717) is 30.7 Å². The molecule has 2 atom stereocenters. The zero-order chi connectivity index (χ0) is 21.8. The van der Waals surface area contributed by atoms with E-state index < -0.39 is 6.04 Å². The number of ether oxygens (including phenoxy) is 1. The monoisotopic (exact) mass is 428 g/mol. The summed E-state index contributed by atoms with van der Waals surface area (Å²) in [4.78, 5) is 25.7. The maximum absolute atomic E-state index is 14.6. The van der Waals surface area contributed by atoms with Crippen molar-refractivity contribution < 1.29 is 13.9 Å². The second-order valence-electron chi connectivity index (χ2n) is 8.10. The number of piperidine rings is 1. The van der Waals surface area contributed by atoms with Crippen molar-refractivity contribution in [1.82, 2.24) is 25.5 Å². The number of aromatic nitrogens is 2. The molecule has 1 aromatic carbocycles. The van der Waals surface area contributed by atoms with Crippen molar-refractivity contribution in [3.8, 4) is 5.75 Å². The number of hydrogen-bond donors (Lipinski definition) is 2. The van der Waals surface area contributed by atoms with Gasteiger partial charge in [-0.2, -0.15) is 0 Å². The molecular weight excluding hydrogens is 399 g/mol. The van der Waals surface area contributed by atoms with Gasteiger partial charge < -0.3 is 25.2 Å². The Morgan fingerprint density at radius 1 is 1.26 bits per heavy atom. The second kappa shape index (κ2) is 9.57. The fourth-order valence-corrected chi connectivity index (χ4v) is 4.08. The van der Waals surface area contributed by atoms with Crippen molar-refractivity contribution in [3.05, 3.63) is 47.5 Å². The number of amides is 1. The molecule has 0 unspecified atom stereocenters. The molecule has 2 aliphatic rings. The summed E-state index contributed by atoms with van der Waals surface area (Å²) in [7, 11) is 3.66. The normalized spacial score (nSPS) is 22.3. The number of likely N-dealkylation sites (N-methyl/N-ethyl adjacent to an activating group) is 1. The molecule has 4 rings (SSSR count). The molecule has 2 saturated heterocycles. The lowest BCUT2D eigenvalue weighted by Gasteiger charge is -2.34. The number of benzene rings is 1. The number of hydrogen-bond acceptors (Lipinski definition) is 7. The van der Waals surface area contributed by atoms with Gasteiger partial charge in [-0.05, 0) is 37.7 Å². The van der Waals surface area contributed by atoms with E-state index in [1.54, 1.807) is 25.4 Å². The van der Waals surface area contributed by atoms with Crippen LogP contribution >= 0.6 is 0 Å². The Labute approximate surface area is 181 Å². The molecule has 1 amide bonds. The summed E-state index contributed by atoms with van der Waals surface area (Å²) >= 11 is 0. The number of nitrogens with one attached hydrogen (secondary N) is 2. The van der Waals surface area contributed by atoms with Gasteiger partial charge in [0.1, 0.15) is 11.6 Å². The Morgan fingerprint density at radius 2 is 2.06 bits per heavy atom. The molecular formula is C22H29FN6O2. The van der Waals surface area contributed by atoms with Gasteiger partial charge in [0.25, 0.3) is 0 Å². The lowest BCUT2D eigenvalue weighted by molar-refractivity contribution is -0.123. The third-order valence-electron chi connectivity index (χ3n) is 5.97. The maximum atomic E-state index is 14.6. The average molecular weight is 429 g/mol. The van der Waals surface area contributed by atoms with Crippen LogP contribution in [-0.4, -0.2) is 67.2 Å². The standard InChI is InChI=1S/C22H29FN6O2/c1-28-9-11-29(12-10-28)22-24-8-7-15(26-22)14-25-19-5-6-20(30)27-21(19)17-13-16(31-2)3-4-18(17)23/h3-4,7-8,13,19,21,25H,5-6,9-12,14H2,1-2H3,(H,27,30)/t19-,21+/m1/s1. The van der Waals surface area contributed by atoms with Gasteiger partial charge in [0, 0.05) is 56.9 Å². The first-order valence-corrected chi connectivity index (χ1v) is 10.6. The fraction of sp³-hybridized carbons (Fsp3) is 0.500. The topological polar surface area (TPSA) is 82.6 Å². The van der Waals surface area contributed by atoms with Crippen LogP contribution in [0.1, 0.15) is 30.1 Å². The molecule has 2 aliphatic heterocycles. The van der Waals surface area contributed by atoms with Crippen LogP contribution in [0.5, 0.6) is 5.75 Å². The van der Waals surface area contributed by atoms with Crippen LogP contribution in [-0.2, 0) is 11.3 Å². The van der Waals surface area contributed by atoms with E-state index in [0.717, 1.165) is 37.8 Å². The Kier molecular flexibility index (Phi) is 6.62. The number of halogens is 1. The number of piperazine rings is 1.